The number of hydrogen-bond acceptors (Lipinski definition) is 1. The Kier molecular flexibility index (Phi) is 6.62. The van der Waals surface area contributed by atoms with Crippen LogP contribution in [0.25, 0.3) is 0 Å². The van der Waals surface area contributed by atoms with Crippen LogP contribution in [0.2, 0.25) is 11.4 Å². The summed E-state index contributed by atoms with van der Waals surface area (Å²) in [5.74, 6) is 0. The van der Waals surface area contributed by atoms with Crippen LogP contribution in [0.3, 0.4) is 0 Å². The van der Waals surface area contributed by atoms with Gasteiger partial charge in [-0.05, 0) is 0 Å². The molecule has 0 atom stereocenters. The standard InChI is InChI=1S/C3H8ClSi.C3H5.Co.O/c1-2-3-5-4;1-3-2;;/h1-3,5H2;1H2,2H3;;. The molecule has 4 heteroatoms. The molecule has 0 aromatic heterocycles. The fraction of sp³-hybridized carbons (Fsp3) is 0.667. The van der Waals surface area contributed by atoms with Crippen molar-refractivity contribution >= 4 is 19.9 Å². The monoisotopic (exact) mass is 223 g/mol. The molecule has 10 heavy (non-hydrogen) atoms. The summed E-state index contributed by atoms with van der Waals surface area (Å²) < 4.78 is 11.8. The molecule has 0 aromatic rings. The number of hydrogen-bond donors (Lipinski definition) is 0. The molecule has 0 amide bonds. The van der Waals surface area contributed by atoms with Gasteiger partial charge in [-0.25, -0.2) is 0 Å². The first-order valence-electron chi connectivity index (χ1n) is 3.16. The van der Waals surface area contributed by atoms with Crippen LogP contribution in [0.1, 0.15) is 13.3 Å². The zero-order chi connectivity index (χ0) is 7.98. The minimum absolute atomic E-state index is 0.340. The van der Waals surface area contributed by atoms with Gasteiger partial charge < -0.3 is 0 Å². The van der Waals surface area contributed by atoms with Crippen molar-refractivity contribution in [1.82, 2.24) is 0 Å². The summed E-state index contributed by atoms with van der Waals surface area (Å²) in [6, 6.07) is 1.09. The van der Waals surface area contributed by atoms with Gasteiger partial charge in [-0.1, -0.05) is 0 Å². The third kappa shape index (κ3) is 5.35. The van der Waals surface area contributed by atoms with E-state index in [-0.39, 0.29) is 8.83 Å². The van der Waals surface area contributed by atoms with Crippen molar-refractivity contribution in [3.63, 3.8) is 0 Å². The average molecular weight is 224 g/mol. The molecule has 0 spiro atoms. The first-order chi connectivity index (χ1) is 4.68. The number of halogens is 1. The van der Waals surface area contributed by atoms with Crippen molar-refractivity contribution in [1.29, 1.82) is 0 Å². The van der Waals surface area contributed by atoms with Crippen molar-refractivity contribution in [3.8, 4) is 0 Å². The summed E-state index contributed by atoms with van der Waals surface area (Å²) in [6.45, 7) is 5.44. The maximum atomic E-state index is 11.0. The molecule has 0 N–H and O–H groups in total. The molecule has 0 unspecified atom stereocenters. The van der Waals surface area contributed by atoms with Crippen molar-refractivity contribution in [2.24, 2.45) is 0 Å². The Labute approximate surface area is 73.3 Å². The van der Waals surface area contributed by atoms with Gasteiger partial charge in [-0.3, -0.25) is 0 Å². The topological polar surface area (TPSA) is 17.1 Å². The number of rotatable bonds is 5. The summed E-state index contributed by atoms with van der Waals surface area (Å²) in [7, 11) is -0.340. The van der Waals surface area contributed by atoms with E-state index in [1.807, 2.05) is 6.92 Å². The van der Waals surface area contributed by atoms with E-state index in [1.54, 1.807) is 0 Å². The van der Waals surface area contributed by atoms with Crippen LogP contribution in [0.5, 0.6) is 0 Å². The Morgan fingerprint density at radius 1 is 1.80 bits per heavy atom. The Balaban J connectivity index is 3.31. The molecule has 0 aliphatic heterocycles. The Morgan fingerprint density at radius 3 is 2.80 bits per heavy atom. The van der Waals surface area contributed by atoms with Crippen LogP contribution < -0.4 is 0 Å². The molecular weight excluding hydrogens is 211 g/mol. The van der Waals surface area contributed by atoms with Crippen LogP contribution in [0.15, 0.2) is 11.1 Å². The van der Waals surface area contributed by atoms with Crippen molar-refractivity contribution in [2.45, 2.75) is 24.7 Å². The van der Waals surface area contributed by atoms with E-state index >= 15 is 0 Å². The summed E-state index contributed by atoms with van der Waals surface area (Å²) in [5.41, 5.74) is 0. The minimum atomic E-state index is -1.11. The predicted molar refractivity (Wildman–Crippen MR) is 44.1 cm³/mol. The molecule has 0 saturated carbocycles. The quantitative estimate of drug-likeness (QED) is 0.396. The van der Waals surface area contributed by atoms with Gasteiger partial charge in [0.2, 0.25) is 0 Å². The van der Waals surface area contributed by atoms with E-state index < -0.39 is 13.6 Å². The van der Waals surface area contributed by atoms with Crippen LogP contribution >= 0.6 is 11.1 Å². The van der Waals surface area contributed by atoms with Gasteiger partial charge in [-0.15, -0.1) is 0 Å². The molecule has 1 nitrogen and oxygen atoms in total. The third-order valence-corrected chi connectivity index (χ3v) is 4.37. The molecule has 0 radical (unpaired) electrons. The van der Waals surface area contributed by atoms with E-state index in [1.165, 1.54) is 0 Å². The van der Waals surface area contributed by atoms with Crippen molar-refractivity contribution < 1.29 is 17.5 Å². The van der Waals surface area contributed by atoms with Crippen LogP contribution in [0, 0.1) is 0 Å². The summed E-state index contributed by atoms with van der Waals surface area (Å²) in [5, 5.41) is 0.780. The van der Waals surface area contributed by atoms with E-state index in [0.717, 1.165) is 22.3 Å². The second kappa shape index (κ2) is 6.28. The van der Waals surface area contributed by atoms with Crippen molar-refractivity contribution in [3.05, 3.63) is 11.1 Å². The predicted octanol–water partition coefficient (Wildman–Crippen LogP) is 2.03. The molecule has 0 fully saturated rings. The van der Waals surface area contributed by atoms with E-state index in [2.05, 4.69) is 6.58 Å². The Hall–Kier alpha value is 0.553. The average Bonchev–Trinajstić information content (AvgIpc) is 1.88. The van der Waals surface area contributed by atoms with E-state index in [9.17, 15) is 3.87 Å². The summed E-state index contributed by atoms with van der Waals surface area (Å²) >= 11 is 4.47. The first kappa shape index (κ1) is 10.6. The fourth-order valence-electron chi connectivity index (χ4n) is 0.427. The zero-order valence-corrected chi connectivity index (χ0v) is 9.37. The van der Waals surface area contributed by atoms with Gasteiger partial charge in [0, 0.05) is 0 Å². The first-order valence-corrected chi connectivity index (χ1v) is 7.98. The van der Waals surface area contributed by atoms with Gasteiger partial charge in [0.15, 0.2) is 0 Å². The molecule has 0 saturated heterocycles. The molecule has 0 aromatic carbocycles. The second-order valence-electron chi connectivity index (χ2n) is 1.98. The Bertz CT molecular complexity index is 138. The summed E-state index contributed by atoms with van der Waals surface area (Å²) in [4.78, 5) is 0. The van der Waals surface area contributed by atoms with E-state index in [0.29, 0.717) is 0 Å². The zero-order valence-electron chi connectivity index (χ0n) is 6.16. The van der Waals surface area contributed by atoms with Crippen LogP contribution in [-0.2, 0) is 17.5 Å². The molecule has 63 valence electrons. The van der Waals surface area contributed by atoms with Crippen LogP contribution in [0.4, 0.5) is 0 Å². The van der Waals surface area contributed by atoms with Gasteiger partial charge in [0.25, 0.3) is 0 Å². The SMILES string of the molecule is C=[C](C)[Co](=[O])[CH2]CC[SiH2]Cl. The molecule has 0 rings (SSSR count). The molecule has 0 bridgehead atoms. The molecular formula is C6H13ClCoOSi. The molecule has 0 aliphatic carbocycles. The maximum absolute atomic E-state index is 11.0. The van der Waals surface area contributed by atoms with E-state index in [4.69, 9.17) is 11.1 Å². The normalized spacial score (nSPS) is 12.4. The summed E-state index contributed by atoms with van der Waals surface area (Å²) in [6.07, 6.45) is 1.01. The van der Waals surface area contributed by atoms with Crippen LogP contribution in [-0.4, -0.2) is 8.83 Å². The molecule has 0 aliphatic rings. The van der Waals surface area contributed by atoms with Gasteiger partial charge in [0.1, 0.15) is 0 Å². The van der Waals surface area contributed by atoms with Crippen molar-refractivity contribution in [2.75, 3.05) is 0 Å². The van der Waals surface area contributed by atoms with Gasteiger partial charge in [-0.2, -0.15) is 0 Å². The molecule has 0 heterocycles. The Morgan fingerprint density at radius 2 is 2.40 bits per heavy atom. The van der Waals surface area contributed by atoms with Gasteiger partial charge in [0.05, 0.1) is 0 Å². The third-order valence-electron chi connectivity index (χ3n) is 0.970. The second-order valence-corrected chi connectivity index (χ2v) is 6.49. The number of allylic oxidation sites excluding steroid dienone is 1. The fourth-order valence-corrected chi connectivity index (χ4v) is 2.91. The van der Waals surface area contributed by atoms with Gasteiger partial charge >= 0.3 is 73.2 Å².